The van der Waals surface area contributed by atoms with Crippen molar-refractivity contribution in [2.75, 3.05) is 14.1 Å². The molecule has 0 fully saturated rings. The summed E-state index contributed by atoms with van der Waals surface area (Å²) < 4.78 is 0. The smallest absolute Gasteiger partial charge is 0.139 e. The number of aliphatic hydroxyl groups excluding tert-OH is 1. The molecule has 0 spiro atoms. The molecular weight excluding hydrogens is 142 g/mol. The third-order valence-electron chi connectivity index (χ3n) is 1.77. The van der Waals surface area contributed by atoms with Crippen molar-refractivity contribution in [2.24, 2.45) is 5.92 Å². The molecule has 2 unspecified atom stereocenters. The molecule has 1 N–H and O–H groups in total. The van der Waals surface area contributed by atoms with Crippen LogP contribution in [0.2, 0.25) is 0 Å². The van der Waals surface area contributed by atoms with Crippen molar-refractivity contribution in [3.63, 3.8) is 0 Å². The number of aliphatic hydroxyl groups is 1. The maximum Gasteiger partial charge on any atom is 0.139 e. The number of carbonyl (C=O) groups excluding carboxylic acids is 1. The van der Waals surface area contributed by atoms with Crippen LogP contribution in [0.15, 0.2) is 0 Å². The molecule has 3 nitrogen and oxygen atoms in total. The lowest BCUT2D eigenvalue weighted by atomic mass is 10.0. The number of carbonyl (C=O) groups is 1. The third kappa shape index (κ3) is 2.99. The molecule has 0 aliphatic carbocycles. The van der Waals surface area contributed by atoms with Gasteiger partial charge in [0.25, 0.3) is 0 Å². The Morgan fingerprint density at radius 3 is 1.91 bits per heavy atom. The fourth-order valence-corrected chi connectivity index (χ4v) is 0.902. The van der Waals surface area contributed by atoms with Gasteiger partial charge in [-0.3, -0.25) is 4.90 Å². The summed E-state index contributed by atoms with van der Waals surface area (Å²) in [6, 6.07) is -0.380. The Hall–Kier alpha value is -0.410. The van der Waals surface area contributed by atoms with Gasteiger partial charge in [0.1, 0.15) is 6.29 Å². The molecule has 0 aromatic heterocycles. The summed E-state index contributed by atoms with van der Waals surface area (Å²) in [6.45, 7) is 3.79. The van der Waals surface area contributed by atoms with E-state index in [1.165, 1.54) is 0 Å². The Bertz CT molecular complexity index is 123. The van der Waals surface area contributed by atoms with Crippen molar-refractivity contribution in [3.05, 3.63) is 0 Å². The lowest BCUT2D eigenvalue weighted by molar-refractivity contribution is -0.116. The molecule has 3 heteroatoms. The van der Waals surface area contributed by atoms with Crippen LogP contribution < -0.4 is 0 Å². The van der Waals surface area contributed by atoms with E-state index in [4.69, 9.17) is 0 Å². The highest BCUT2D eigenvalue weighted by atomic mass is 16.3. The van der Waals surface area contributed by atoms with Crippen molar-refractivity contribution in [1.29, 1.82) is 0 Å². The van der Waals surface area contributed by atoms with Crippen LogP contribution in [-0.4, -0.2) is 42.5 Å². The summed E-state index contributed by atoms with van der Waals surface area (Å²) in [5.74, 6) is 0.118. The first-order valence-corrected chi connectivity index (χ1v) is 3.80. The second-order valence-electron chi connectivity index (χ2n) is 3.32. The predicted molar refractivity (Wildman–Crippen MR) is 44.4 cm³/mol. The van der Waals surface area contributed by atoms with Crippen molar-refractivity contribution >= 4 is 6.29 Å². The monoisotopic (exact) mass is 159 g/mol. The highest BCUT2D eigenvalue weighted by Gasteiger charge is 2.22. The SMILES string of the molecule is CC(C)C(O)C(C=O)N(C)C. The minimum atomic E-state index is -0.567. The maximum atomic E-state index is 10.5. The number of nitrogens with zero attached hydrogens (tertiary/aromatic N) is 1. The minimum Gasteiger partial charge on any atom is -0.391 e. The average molecular weight is 159 g/mol. The van der Waals surface area contributed by atoms with Gasteiger partial charge in [0.2, 0.25) is 0 Å². The van der Waals surface area contributed by atoms with E-state index < -0.39 is 6.10 Å². The minimum absolute atomic E-state index is 0.118. The van der Waals surface area contributed by atoms with Crippen LogP contribution in [-0.2, 0) is 4.79 Å². The van der Waals surface area contributed by atoms with Crippen molar-refractivity contribution in [3.8, 4) is 0 Å². The van der Waals surface area contributed by atoms with Gasteiger partial charge in [-0.2, -0.15) is 0 Å². The Labute approximate surface area is 68.0 Å². The van der Waals surface area contributed by atoms with Gasteiger partial charge in [-0.1, -0.05) is 13.8 Å². The van der Waals surface area contributed by atoms with E-state index in [0.29, 0.717) is 0 Å². The molecule has 2 atom stereocenters. The molecule has 66 valence electrons. The number of likely N-dealkylation sites (N-methyl/N-ethyl adjacent to an activating group) is 1. The molecule has 0 saturated heterocycles. The lowest BCUT2D eigenvalue weighted by Crippen LogP contribution is -2.42. The molecule has 0 aliphatic heterocycles. The first kappa shape index (κ1) is 10.6. The standard InChI is InChI=1S/C8H17NO2/c1-6(2)8(11)7(5-10)9(3)4/h5-8,11H,1-4H3. The average Bonchev–Trinajstić information content (AvgIpc) is 1.88. The van der Waals surface area contributed by atoms with E-state index >= 15 is 0 Å². The summed E-state index contributed by atoms with van der Waals surface area (Å²) in [5, 5.41) is 9.48. The lowest BCUT2D eigenvalue weighted by Gasteiger charge is -2.26. The van der Waals surface area contributed by atoms with Crippen LogP contribution in [0, 0.1) is 5.92 Å². The largest absolute Gasteiger partial charge is 0.391 e. The highest BCUT2D eigenvalue weighted by molar-refractivity contribution is 5.58. The maximum absolute atomic E-state index is 10.5. The fourth-order valence-electron chi connectivity index (χ4n) is 0.902. The number of rotatable bonds is 4. The number of aldehydes is 1. The molecule has 0 aromatic carbocycles. The molecule has 0 amide bonds. The molecule has 0 rings (SSSR count). The van der Waals surface area contributed by atoms with Crippen molar-refractivity contribution in [2.45, 2.75) is 26.0 Å². The van der Waals surface area contributed by atoms with E-state index in [0.717, 1.165) is 6.29 Å². The zero-order valence-corrected chi connectivity index (χ0v) is 7.61. The highest BCUT2D eigenvalue weighted by Crippen LogP contribution is 2.07. The van der Waals surface area contributed by atoms with E-state index in [1.54, 1.807) is 19.0 Å². The Balaban J connectivity index is 4.13. The summed E-state index contributed by atoms with van der Waals surface area (Å²) in [7, 11) is 3.56. The van der Waals surface area contributed by atoms with Gasteiger partial charge >= 0.3 is 0 Å². The Kier molecular flexibility index (Phi) is 4.30. The predicted octanol–water partition coefficient (Wildman–Crippen LogP) is 0.132. The van der Waals surface area contributed by atoms with Gasteiger partial charge in [-0.15, -0.1) is 0 Å². The van der Waals surface area contributed by atoms with Crippen molar-refractivity contribution < 1.29 is 9.90 Å². The fraction of sp³-hybridized carbons (Fsp3) is 0.875. The molecular formula is C8H17NO2. The van der Waals surface area contributed by atoms with Gasteiger partial charge in [0.15, 0.2) is 0 Å². The summed E-state index contributed by atoms with van der Waals surface area (Å²) in [5.41, 5.74) is 0. The van der Waals surface area contributed by atoms with E-state index in [9.17, 15) is 9.90 Å². The zero-order chi connectivity index (χ0) is 9.02. The van der Waals surface area contributed by atoms with E-state index in [1.807, 2.05) is 13.8 Å². The molecule has 0 aromatic rings. The zero-order valence-electron chi connectivity index (χ0n) is 7.61. The topological polar surface area (TPSA) is 40.5 Å². The van der Waals surface area contributed by atoms with Crippen LogP contribution >= 0.6 is 0 Å². The summed E-state index contributed by atoms with van der Waals surface area (Å²) in [6.07, 6.45) is 0.215. The molecule has 0 radical (unpaired) electrons. The normalized spacial score (nSPS) is 17.0. The van der Waals surface area contributed by atoms with Gasteiger partial charge in [0.05, 0.1) is 12.1 Å². The first-order valence-electron chi connectivity index (χ1n) is 3.80. The van der Waals surface area contributed by atoms with Crippen LogP contribution in [0.1, 0.15) is 13.8 Å². The van der Waals surface area contributed by atoms with Crippen LogP contribution in [0.4, 0.5) is 0 Å². The Morgan fingerprint density at radius 1 is 1.36 bits per heavy atom. The van der Waals surface area contributed by atoms with Gasteiger partial charge < -0.3 is 9.90 Å². The van der Waals surface area contributed by atoms with Crippen LogP contribution in [0.3, 0.4) is 0 Å². The van der Waals surface area contributed by atoms with Gasteiger partial charge in [-0.25, -0.2) is 0 Å². The molecule has 11 heavy (non-hydrogen) atoms. The molecule has 0 heterocycles. The van der Waals surface area contributed by atoms with Crippen LogP contribution in [0.5, 0.6) is 0 Å². The molecule has 0 aliphatic rings. The molecule has 0 bridgehead atoms. The number of hydrogen-bond acceptors (Lipinski definition) is 3. The van der Waals surface area contributed by atoms with Crippen molar-refractivity contribution in [1.82, 2.24) is 4.90 Å². The summed E-state index contributed by atoms with van der Waals surface area (Å²) in [4.78, 5) is 12.2. The second kappa shape index (κ2) is 4.46. The third-order valence-corrected chi connectivity index (χ3v) is 1.77. The second-order valence-corrected chi connectivity index (χ2v) is 3.32. The quantitative estimate of drug-likeness (QED) is 0.593. The summed E-state index contributed by atoms with van der Waals surface area (Å²) >= 11 is 0. The van der Waals surface area contributed by atoms with Crippen LogP contribution in [0.25, 0.3) is 0 Å². The molecule has 0 saturated carbocycles. The van der Waals surface area contributed by atoms with Gasteiger partial charge in [0, 0.05) is 0 Å². The number of hydrogen-bond donors (Lipinski definition) is 1. The Morgan fingerprint density at radius 2 is 1.82 bits per heavy atom. The van der Waals surface area contributed by atoms with Gasteiger partial charge in [-0.05, 0) is 20.0 Å². The van der Waals surface area contributed by atoms with E-state index in [-0.39, 0.29) is 12.0 Å². The van der Waals surface area contributed by atoms with E-state index in [2.05, 4.69) is 0 Å². The first-order chi connectivity index (χ1) is 5.00.